The second kappa shape index (κ2) is 6.49. The lowest BCUT2D eigenvalue weighted by molar-refractivity contribution is -0.129. The molecular weight excluding hydrogens is 256 g/mol. The van der Waals surface area contributed by atoms with Gasteiger partial charge in [-0.3, -0.25) is 4.79 Å². The molecule has 0 radical (unpaired) electrons. The highest BCUT2D eigenvalue weighted by molar-refractivity contribution is 8.01. The van der Waals surface area contributed by atoms with Gasteiger partial charge in [-0.05, 0) is 38.1 Å². The molecule has 0 unspecified atom stereocenters. The molecule has 3 nitrogen and oxygen atoms in total. The van der Waals surface area contributed by atoms with Gasteiger partial charge in [0.25, 0.3) is 0 Å². The standard InChI is InChI=1S/C15H28N2OS/c1-15(2,3)19-11-14(18)17-8-6-13(7-9-17)16-10-12-4-5-12/h12-13,16H,4-11H2,1-3H3. The number of thioether (sulfide) groups is 1. The van der Waals surface area contributed by atoms with Crippen molar-refractivity contribution in [2.45, 2.75) is 57.2 Å². The average molecular weight is 284 g/mol. The molecule has 0 aromatic carbocycles. The zero-order chi connectivity index (χ0) is 13.9. The summed E-state index contributed by atoms with van der Waals surface area (Å²) in [4.78, 5) is 14.2. The van der Waals surface area contributed by atoms with E-state index in [1.54, 1.807) is 11.8 Å². The average Bonchev–Trinajstić information content (AvgIpc) is 3.17. The van der Waals surface area contributed by atoms with E-state index in [1.807, 2.05) is 4.90 Å². The summed E-state index contributed by atoms with van der Waals surface area (Å²) >= 11 is 1.75. The van der Waals surface area contributed by atoms with Gasteiger partial charge in [-0.1, -0.05) is 20.8 Å². The second-order valence-electron chi connectivity index (χ2n) is 6.91. The largest absolute Gasteiger partial charge is 0.342 e. The number of nitrogens with one attached hydrogen (secondary N) is 1. The van der Waals surface area contributed by atoms with Crippen LogP contribution in [0.15, 0.2) is 0 Å². The molecule has 2 rings (SSSR count). The molecule has 1 amide bonds. The first kappa shape index (κ1) is 15.2. The van der Waals surface area contributed by atoms with Gasteiger partial charge in [0.05, 0.1) is 5.75 Å². The van der Waals surface area contributed by atoms with Crippen molar-refractivity contribution in [3.63, 3.8) is 0 Å². The van der Waals surface area contributed by atoms with Crippen LogP contribution in [0.1, 0.15) is 46.5 Å². The third kappa shape index (κ3) is 5.74. The van der Waals surface area contributed by atoms with E-state index in [0.717, 1.165) is 31.8 Å². The van der Waals surface area contributed by atoms with Crippen LogP contribution >= 0.6 is 11.8 Å². The van der Waals surface area contributed by atoms with E-state index in [4.69, 9.17) is 0 Å². The van der Waals surface area contributed by atoms with Crippen molar-refractivity contribution in [2.75, 3.05) is 25.4 Å². The fraction of sp³-hybridized carbons (Fsp3) is 0.933. The zero-order valence-electron chi connectivity index (χ0n) is 12.6. The Balaban J connectivity index is 1.62. The summed E-state index contributed by atoms with van der Waals surface area (Å²) in [6, 6.07) is 0.639. The monoisotopic (exact) mass is 284 g/mol. The van der Waals surface area contributed by atoms with Gasteiger partial charge in [-0.25, -0.2) is 0 Å². The van der Waals surface area contributed by atoms with Crippen molar-refractivity contribution in [3.8, 4) is 0 Å². The number of hydrogen-bond donors (Lipinski definition) is 1. The van der Waals surface area contributed by atoms with Crippen molar-refractivity contribution in [2.24, 2.45) is 5.92 Å². The highest BCUT2D eigenvalue weighted by atomic mass is 32.2. The van der Waals surface area contributed by atoms with Gasteiger partial charge in [0.1, 0.15) is 0 Å². The fourth-order valence-electron chi connectivity index (χ4n) is 2.36. The van der Waals surface area contributed by atoms with Crippen LogP contribution in [0, 0.1) is 5.92 Å². The molecule has 1 N–H and O–H groups in total. The normalized spacial score (nSPS) is 21.7. The maximum absolute atomic E-state index is 12.1. The summed E-state index contributed by atoms with van der Waals surface area (Å²) in [7, 11) is 0. The molecule has 1 aliphatic carbocycles. The van der Waals surface area contributed by atoms with E-state index in [-0.39, 0.29) is 4.75 Å². The molecule has 2 fully saturated rings. The lowest BCUT2D eigenvalue weighted by Crippen LogP contribution is -2.46. The third-order valence-corrected chi connectivity index (χ3v) is 5.13. The Morgan fingerprint density at radius 1 is 1.21 bits per heavy atom. The summed E-state index contributed by atoms with van der Waals surface area (Å²) in [5, 5.41) is 3.66. The molecule has 1 saturated heterocycles. The number of rotatable bonds is 5. The second-order valence-corrected chi connectivity index (χ2v) is 8.71. The molecule has 19 heavy (non-hydrogen) atoms. The topological polar surface area (TPSA) is 32.3 Å². The van der Waals surface area contributed by atoms with Gasteiger partial charge >= 0.3 is 0 Å². The predicted octanol–water partition coefficient (Wildman–Crippen LogP) is 2.51. The van der Waals surface area contributed by atoms with E-state index >= 15 is 0 Å². The predicted molar refractivity (Wildman–Crippen MR) is 82.5 cm³/mol. The van der Waals surface area contributed by atoms with Gasteiger partial charge < -0.3 is 10.2 Å². The van der Waals surface area contributed by atoms with Gasteiger partial charge in [0.2, 0.25) is 5.91 Å². The van der Waals surface area contributed by atoms with Crippen molar-refractivity contribution >= 4 is 17.7 Å². The number of carbonyl (C=O) groups is 1. The molecule has 0 aromatic heterocycles. The smallest absolute Gasteiger partial charge is 0.232 e. The fourth-order valence-corrected chi connectivity index (χ4v) is 3.10. The molecule has 4 heteroatoms. The van der Waals surface area contributed by atoms with Crippen LogP contribution in [-0.2, 0) is 4.79 Å². The van der Waals surface area contributed by atoms with Crippen LogP contribution in [0.4, 0.5) is 0 Å². The van der Waals surface area contributed by atoms with E-state index in [2.05, 4.69) is 26.1 Å². The van der Waals surface area contributed by atoms with Gasteiger partial charge in [0.15, 0.2) is 0 Å². The molecule has 1 aliphatic heterocycles. The molecule has 0 atom stereocenters. The number of amides is 1. The van der Waals surface area contributed by atoms with E-state index in [1.165, 1.54) is 19.4 Å². The molecule has 110 valence electrons. The highest BCUT2D eigenvalue weighted by Gasteiger charge is 2.26. The minimum Gasteiger partial charge on any atom is -0.342 e. The Labute approximate surface area is 121 Å². The van der Waals surface area contributed by atoms with E-state index < -0.39 is 0 Å². The van der Waals surface area contributed by atoms with E-state index in [9.17, 15) is 4.79 Å². The molecule has 0 bridgehead atoms. The van der Waals surface area contributed by atoms with Crippen molar-refractivity contribution in [3.05, 3.63) is 0 Å². The summed E-state index contributed by atoms with van der Waals surface area (Å²) in [5.74, 6) is 1.90. The molecule has 1 saturated carbocycles. The molecule has 0 spiro atoms. The molecule has 1 heterocycles. The number of carbonyl (C=O) groups excluding carboxylic acids is 1. The summed E-state index contributed by atoms with van der Waals surface area (Å²) in [6.45, 7) is 9.56. The number of hydrogen-bond acceptors (Lipinski definition) is 3. The van der Waals surface area contributed by atoms with Crippen LogP contribution in [0.25, 0.3) is 0 Å². The quantitative estimate of drug-likeness (QED) is 0.842. The minimum atomic E-state index is 0.180. The van der Waals surface area contributed by atoms with Gasteiger partial charge in [-0.2, -0.15) is 0 Å². The number of likely N-dealkylation sites (tertiary alicyclic amines) is 1. The Kier molecular flexibility index (Phi) is 5.18. The van der Waals surface area contributed by atoms with Crippen molar-refractivity contribution < 1.29 is 4.79 Å². The summed E-state index contributed by atoms with van der Waals surface area (Å²) < 4.78 is 0.180. The van der Waals surface area contributed by atoms with Gasteiger partial charge in [0, 0.05) is 23.9 Å². The molecule has 0 aromatic rings. The molecular formula is C15H28N2OS. The van der Waals surface area contributed by atoms with E-state index in [0.29, 0.717) is 17.7 Å². The van der Waals surface area contributed by atoms with Crippen LogP contribution < -0.4 is 5.32 Å². The zero-order valence-corrected chi connectivity index (χ0v) is 13.4. The Morgan fingerprint density at radius 3 is 2.37 bits per heavy atom. The van der Waals surface area contributed by atoms with Crippen molar-refractivity contribution in [1.82, 2.24) is 10.2 Å². The summed E-state index contributed by atoms with van der Waals surface area (Å²) in [6.07, 6.45) is 5.07. The lowest BCUT2D eigenvalue weighted by atomic mass is 10.0. The SMILES string of the molecule is CC(C)(C)SCC(=O)N1CCC(NCC2CC2)CC1. The maximum atomic E-state index is 12.1. The van der Waals surface area contributed by atoms with Crippen LogP contribution in [0.5, 0.6) is 0 Å². The van der Waals surface area contributed by atoms with Crippen molar-refractivity contribution in [1.29, 1.82) is 0 Å². The number of nitrogens with zero attached hydrogens (tertiary/aromatic N) is 1. The van der Waals surface area contributed by atoms with Crippen LogP contribution in [-0.4, -0.2) is 47.0 Å². The maximum Gasteiger partial charge on any atom is 0.232 e. The Bertz CT molecular complexity index is 302. The minimum absolute atomic E-state index is 0.180. The third-order valence-electron chi connectivity index (χ3n) is 3.87. The molecule has 2 aliphatic rings. The Hall–Kier alpha value is -0.220. The Morgan fingerprint density at radius 2 is 1.84 bits per heavy atom. The lowest BCUT2D eigenvalue weighted by Gasteiger charge is -2.33. The number of piperidine rings is 1. The first-order chi connectivity index (χ1) is 8.94. The van der Waals surface area contributed by atoms with Crippen LogP contribution in [0.3, 0.4) is 0 Å². The van der Waals surface area contributed by atoms with Crippen LogP contribution in [0.2, 0.25) is 0 Å². The highest BCUT2D eigenvalue weighted by Crippen LogP contribution is 2.28. The first-order valence-electron chi connectivity index (χ1n) is 7.59. The summed E-state index contributed by atoms with van der Waals surface area (Å²) in [5.41, 5.74) is 0. The first-order valence-corrected chi connectivity index (χ1v) is 8.58. The van der Waals surface area contributed by atoms with Gasteiger partial charge in [-0.15, -0.1) is 11.8 Å².